The zero-order valence-corrected chi connectivity index (χ0v) is 15.1. The highest BCUT2D eigenvalue weighted by atomic mass is 16.2. The van der Waals surface area contributed by atoms with Crippen LogP contribution in [0, 0.1) is 5.92 Å². The smallest absolute Gasteiger partial charge is 0.250 e. The first-order valence-corrected chi connectivity index (χ1v) is 9.12. The number of hydrogen-bond acceptors (Lipinski definition) is 4. The van der Waals surface area contributed by atoms with Crippen LogP contribution in [0.5, 0.6) is 0 Å². The zero-order chi connectivity index (χ0) is 17.9. The first-order valence-electron chi connectivity index (χ1n) is 9.12. The van der Waals surface area contributed by atoms with Crippen molar-refractivity contribution in [3.8, 4) is 0 Å². The van der Waals surface area contributed by atoms with E-state index in [9.17, 15) is 9.59 Å². The molecule has 2 fully saturated rings. The van der Waals surface area contributed by atoms with E-state index in [-0.39, 0.29) is 18.4 Å². The molecular weight excluding hydrogens is 316 g/mol. The summed E-state index contributed by atoms with van der Waals surface area (Å²) < 4.78 is 0. The van der Waals surface area contributed by atoms with Crippen LogP contribution in [-0.4, -0.2) is 55.1 Å². The van der Waals surface area contributed by atoms with Gasteiger partial charge in [-0.3, -0.25) is 9.59 Å². The molecule has 0 unspecified atom stereocenters. The van der Waals surface area contributed by atoms with E-state index in [2.05, 4.69) is 29.4 Å². The molecule has 1 spiro atoms. The number of benzene rings is 1. The van der Waals surface area contributed by atoms with Crippen molar-refractivity contribution >= 4 is 17.5 Å². The lowest BCUT2D eigenvalue weighted by molar-refractivity contribution is -0.136. The van der Waals surface area contributed by atoms with Crippen LogP contribution in [0.4, 0.5) is 5.69 Å². The summed E-state index contributed by atoms with van der Waals surface area (Å²) in [6.07, 6.45) is 1.54. The summed E-state index contributed by atoms with van der Waals surface area (Å²) in [7, 11) is 0. The Hall–Kier alpha value is -2.08. The minimum Gasteiger partial charge on any atom is -0.354 e. The van der Waals surface area contributed by atoms with Gasteiger partial charge in [-0.1, -0.05) is 32.0 Å². The predicted molar refractivity (Wildman–Crippen MR) is 98.2 cm³/mol. The number of nitrogens with one attached hydrogen (secondary N) is 2. The minimum absolute atomic E-state index is 0.0811. The van der Waals surface area contributed by atoms with E-state index in [1.165, 1.54) is 0 Å². The molecule has 2 aliphatic heterocycles. The summed E-state index contributed by atoms with van der Waals surface area (Å²) in [4.78, 5) is 29.3. The van der Waals surface area contributed by atoms with Gasteiger partial charge in [0.25, 0.3) is 0 Å². The molecule has 2 saturated heterocycles. The van der Waals surface area contributed by atoms with Crippen LogP contribution >= 0.6 is 0 Å². The molecular formula is C19H28N4O2. The lowest BCUT2D eigenvalue weighted by Gasteiger charge is -2.40. The van der Waals surface area contributed by atoms with Crippen LogP contribution in [0.3, 0.4) is 0 Å². The van der Waals surface area contributed by atoms with Gasteiger partial charge >= 0.3 is 0 Å². The van der Waals surface area contributed by atoms with Crippen LogP contribution in [0.15, 0.2) is 30.3 Å². The van der Waals surface area contributed by atoms with E-state index in [1.54, 1.807) is 4.90 Å². The van der Waals surface area contributed by atoms with Crippen LogP contribution < -0.4 is 15.5 Å². The van der Waals surface area contributed by atoms with E-state index in [0.717, 1.165) is 31.6 Å². The average molecular weight is 344 g/mol. The van der Waals surface area contributed by atoms with Crippen molar-refractivity contribution in [3.63, 3.8) is 0 Å². The van der Waals surface area contributed by atoms with Crippen molar-refractivity contribution in [2.24, 2.45) is 5.92 Å². The molecule has 1 aromatic rings. The molecule has 3 rings (SSSR count). The standard InChI is InChI=1S/C19H28N4O2/c1-15(2)12-21-17(24)13-22-14-23(16-6-4-3-5-7-16)19(18(22)25)8-10-20-11-9-19/h3-7,15,20H,8-14H2,1-2H3,(H,21,24). The Morgan fingerprint density at radius 2 is 1.92 bits per heavy atom. The molecule has 2 aliphatic rings. The van der Waals surface area contributed by atoms with Gasteiger partial charge < -0.3 is 20.4 Å². The van der Waals surface area contributed by atoms with Gasteiger partial charge in [-0.25, -0.2) is 0 Å². The van der Waals surface area contributed by atoms with Crippen molar-refractivity contribution in [3.05, 3.63) is 30.3 Å². The molecule has 2 heterocycles. The number of para-hydroxylation sites is 1. The van der Waals surface area contributed by atoms with E-state index >= 15 is 0 Å². The number of piperidine rings is 1. The maximum Gasteiger partial charge on any atom is 0.250 e. The summed E-state index contributed by atoms with van der Waals surface area (Å²) in [5, 5.41) is 6.25. The highest BCUT2D eigenvalue weighted by Gasteiger charge is 2.52. The number of hydrogen-bond donors (Lipinski definition) is 2. The fourth-order valence-corrected chi connectivity index (χ4v) is 3.71. The van der Waals surface area contributed by atoms with Gasteiger partial charge in [-0.2, -0.15) is 0 Å². The molecule has 1 aromatic carbocycles. The van der Waals surface area contributed by atoms with Gasteiger partial charge in [0, 0.05) is 12.2 Å². The van der Waals surface area contributed by atoms with Crippen molar-refractivity contribution in [2.75, 3.05) is 37.7 Å². The first-order chi connectivity index (χ1) is 12.0. The van der Waals surface area contributed by atoms with E-state index < -0.39 is 5.54 Å². The Kier molecular flexibility index (Phi) is 5.27. The quantitative estimate of drug-likeness (QED) is 0.842. The van der Waals surface area contributed by atoms with Crippen LogP contribution in [0.25, 0.3) is 0 Å². The molecule has 0 saturated carbocycles. The summed E-state index contributed by atoms with van der Waals surface area (Å²) in [5.74, 6) is 0.397. The normalized spacial score (nSPS) is 19.7. The molecule has 2 amide bonds. The summed E-state index contributed by atoms with van der Waals surface area (Å²) >= 11 is 0. The Balaban J connectivity index is 1.78. The topological polar surface area (TPSA) is 64.7 Å². The number of carbonyl (C=O) groups excluding carboxylic acids is 2. The molecule has 6 nitrogen and oxygen atoms in total. The Bertz CT molecular complexity index is 611. The summed E-state index contributed by atoms with van der Waals surface area (Å²) in [6.45, 7) is 7.00. The molecule has 0 aliphatic carbocycles. The van der Waals surface area contributed by atoms with Gasteiger partial charge in [0.15, 0.2) is 0 Å². The third-order valence-electron chi connectivity index (χ3n) is 5.05. The summed E-state index contributed by atoms with van der Waals surface area (Å²) in [5.41, 5.74) is 0.521. The second-order valence-corrected chi connectivity index (χ2v) is 7.39. The SMILES string of the molecule is CC(C)CNC(=O)CN1CN(c2ccccc2)C2(CCNCC2)C1=O. The largest absolute Gasteiger partial charge is 0.354 e. The maximum atomic E-state index is 13.2. The number of amides is 2. The zero-order valence-electron chi connectivity index (χ0n) is 15.1. The molecule has 136 valence electrons. The second kappa shape index (κ2) is 7.44. The van der Waals surface area contributed by atoms with Crippen molar-refractivity contribution in [2.45, 2.75) is 32.2 Å². The van der Waals surface area contributed by atoms with E-state index in [4.69, 9.17) is 0 Å². The van der Waals surface area contributed by atoms with Crippen LogP contribution in [0.2, 0.25) is 0 Å². The Labute approximate surface area is 149 Å². The van der Waals surface area contributed by atoms with Crippen molar-refractivity contribution in [1.29, 1.82) is 0 Å². The third-order valence-corrected chi connectivity index (χ3v) is 5.05. The van der Waals surface area contributed by atoms with Gasteiger partial charge in [0.05, 0.1) is 6.67 Å². The van der Waals surface area contributed by atoms with Crippen molar-refractivity contribution < 1.29 is 9.59 Å². The molecule has 0 atom stereocenters. The minimum atomic E-state index is -0.523. The fraction of sp³-hybridized carbons (Fsp3) is 0.579. The molecule has 0 aromatic heterocycles. The van der Waals surface area contributed by atoms with Crippen LogP contribution in [0.1, 0.15) is 26.7 Å². The van der Waals surface area contributed by atoms with Gasteiger partial charge in [-0.05, 0) is 44.0 Å². The highest BCUT2D eigenvalue weighted by Crippen LogP contribution is 2.37. The van der Waals surface area contributed by atoms with Gasteiger partial charge in [0.1, 0.15) is 12.1 Å². The number of anilines is 1. The molecule has 2 N–H and O–H groups in total. The van der Waals surface area contributed by atoms with Crippen LogP contribution in [-0.2, 0) is 9.59 Å². The lowest BCUT2D eigenvalue weighted by Crippen LogP contribution is -2.55. The third kappa shape index (κ3) is 3.63. The Morgan fingerprint density at radius 1 is 1.24 bits per heavy atom. The molecule has 25 heavy (non-hydrogen) atoms. The van der Waals surface area contributed by atoms with Crippen molar-refractivity contribution in [1.82, 2.24) is 15.5 Å². The lowest BCUT2D eigenvalue weighted by atomic mass is 9.86. The second-order valence-electron chi connectivity index (χ2n) is 7.39. The van der Waals surface area contributed by atoms with E-state index in [0.29, 0.717) is 19.1 Å². The molecule has 6 heteroatoms. The fourth-order valence-electron chi connectivity index (χ4n) is 3.71. The molecule has 0 radical (unpaired) electrons. The number of rotatable bonds is 5. The predicted octanol–water partition coefficient (Wildman–Crippen LogP) is 1.19. The average Bonchev–Trinajstić information content (AvgIpc) is 2.87. The monoisotopic (exact) mass is 344 g/mol. The first kappa shape index (κ1) is 17.7. The molecule has 0 bridgehead atoms. The summed E-state index contributed by atoms with van der Waals surface area (Å²) in [6, 6.07) is 10.0. The maximum absolute atomic E-state index is 13.2. The highest BCUT2D eigenvalue weighted by molar-refractivity contribution is 5.96. The van der Waals surface area contributed by atoms with E-state index in [1.807, 2.05) is 30.3 Å². The van der Waals surface area contributed by atoms with Gasteiger partial charge in [0.2, 0.25) is 11.8 Å². The van der Waals surface area contributed by atoms with Gasteiger partial charge in [-0.15, -0.1) is 0 Å². The Morgan fingerprint density at radius 3 is 2.56 bits per heavy atom. The number of nitrogens with zero attached hydrogens (tertiary/aromatic N) is 2. The number of carbonyl (C=O) groups is 2.